The van der Waals surface area contributed by atoms with Crippen molar-refractivity contribution in [2.45, 2.75) is 26.5 Å². The summed E-state index contributed by atoms with van der Waals surface area (Å²) >= 11 is 0. The maximum atomic E-state index is 12.5. The zero-order valence-corrected chi connectivity index (χ0v) is 14.3. The molecule has 0 amide bonds. The minimum absolute atomic E-state index is 0.164. The van der Waals surface area contributed by atoms with E-state index in [0.717, 1.165) is 17.7 Å². The predicted octanol–water partition coefficient (Wildman–Crippen LogP) is 2.90. The van der Waals surface area contributed by atoms with Gasteiger partial charge in [-0.3, -0.25) is 9.98 Å². The van der Waals surface area contributed by atoms with Crippen molar-refractivity contribution < 1.29 is 13.5 Å². The number of aryl methyl sites for hydroxylation is 1. The van der Waals surface area contributed by atoms with Crippen LogP contribution in [0.1, 0.15) is 16.8 Å². The number of alkyl halides is 2. The normalized spacial score (nSPS) is 11.5. The Morgan fingerprint density at radius 3 is 2.76 bits per heavy atom. The van der Waals surface area contributed by atoms with Gasteiger partial charge in [-0.05, 0) is 25.1 Å². The first-order valence-corrected chi connectivity index (χ1v) is 7.97. The molecule has 25 heavy (non-hydrogen) atoms. The highest BCUT2D eigenvalue weighted by molar-refractivity contribution is 5.79. The first kappa shape index (κ1) is 18.6. The van der Waals surface area contributed by atoms with Gasteiger partial charge in [0.2, 0.25) is 0 Å². The van der Waals surface area contributed by atoms with Gasteiger partial charge in [0.25, 0.3) is 0 Å². The Labute approximate surface area is 146 Å². The zero-order valence-electron chi connectivity index (χ0n) is 14.3. The van der Waals surface area contributed by atoms with Crippen LogP contribution in [0.25, 0.3) is 0 Å². The molecule has 134 valence electrons. The molecule has 5 nitrogen and oxygen atoms in total. The first-order chi connectivity index (χ1) is 12.1. The van der Waals surface area contributed by atoms with Gasteiger partial charge in [-0.25, -0.2) is 0 Å². The van der Waals surface area contributed by atoms with Gasteiger partial charge in [0.1, 0.15) is 5.75 Å². The molecule has 0 atom stereocenters. The van der Waals surface area contributed by atoms with Crippen LogP contribution in [0.5, 0.6) is 5.75 Å². The van der Waals surface area contributed by atoms with Crippen LogP contribution in [0.3, 0.4) is 0 Å². The summed E-state index contributed by atoms with van der Waals surface area (Å²) in [7, 11) is 1.66. The summed E-state index contributed by atoms with van der Waals surface area (Å²) in [6.45, 7) is 0.0327. The van der Waals surface area contributed by atoms with Crippen molar-refractivity contribution in [2.75, 3.05) is 13.6 Å². The maximum Gasteiger partial charge on any atom is 0.387 e. The fourth-order valence-electron chi connectivity index (χ4n) is 2.31. The topological polar surface area (TPSA) is 58.5 Å². The average Bonchev–Trinajstić information content (AvgIpc) is 2.60. The summed E-state index contributed by atoms with van der Waals surface area (Å²) in [6.07, 6.45) is 2.51. The highest BCUT2D eigenvalue weighted by Crippen LogP contribution is 2.21. The number of aliphatic imine (C=N–C) groups is 1. The molecule has 7 heteroatoms. The maximum absolute atomic E-state index is 12.5. The molecule has 1 heterocycles. The number of nitrogens with zero attached hydrogens (tertiary/aromatic N) is 2. The first-order valence-electron chi connectivity index (χ1n) is 7.97. The van der Waals surface area contributed by atoms with Crippen LogP contribution in [0.2, 0.25) is 0 Å². The Bertz CT molecular complexity index is 693. The lowest BCUT2D eigenvalue weighted by atomic mass is 10.1. The van der Waals surface area contributed by atoms with E-state index in [1.807, 2.05) is 31.2 Å². The summed E-state index contributed by atoms with van der Waals surface area (Å²) < 4.78 is 29.6. The molecule has 0 saturated heterocycles. The average molecular weight is 348 g/mol. The molecule has 2 aromatic rings. The number of hydrogen-bond donors (Lipinski definition) is 2. The molecular formula is C18H22F2N4O. The van der Waals surface area contributed by atoms with Crippen LogP contribution in [-0.4, -0.2) is 31.1 Å². The van der Waals surface area contributed by atoms with E-state index in [1.54, 1.807) is 25.4 Å². The van der Waals surface area contributed by atoms with Crippen molar-refractivity contribution >= 4 is 5.96 Å². The Morgan fingerprint density at radius 2 is 2.08 bits per heavy atom. The Hall–Kier alpha value is -2.70. The van der Waals surface area contributed by atoms with Crippen molar-refractivity contribution in [3.8, 4) is 5.75 Å². The summed E-state index contributed by atoms with van der Waals surface area (Å²) in [4.78, 5) is 8.39. The molecule has 1 aromatic heterocycles. The standard InChI is InChI=1S/C18H22F2N4O/c1-13-6-7-16(25-17(19)20)14(11-13)12-24-18(21-2)23-10-8-15-5-3-4-9-22-15/h3-7,9,11,17H,8,10,12H2,1-2H3,(H2,21,23,24). The van der Waals surface area contributed by atoms with E-state index in [4.69, 9.17) is 0 Å². The van der Waals surface area contributed by atoms with E-state index in [2.05, 4.69) is 25.3 Å². The number of hydrogen-bond acceptors (Lipinski definition) is 3. The largest absolute Gasteiger partial charge is 0.434 e. The van der Waals surface area contributed by atoms with Crippen molar-refractivity contribution in [3.63, 3.8) is 0 Å². The van der Waals surface area contributed by atoms with E-state index in [-0.39, 0.29) is 5.75 Å². The molecule has 0 aliphatic carbocycles. The second kappa shape index (κ2) is 9.56. The molecule has 0 spiro atoms. The molecule has 0 saturated carbocycles. The minimum atomic E-state index is -2.85. The van der Waals surface area contributed by atoms with Gasteiger partial charge >= 0.3 is 6.61 Å². The number of pyridine rings is 1. The number of nitrogens with one attached hydrogen (secondary N) is 2. The van der Waals surface area contributed by atoms with Crippen LogP contribution in [0, 0.1) is 6.92 Å². The molecule has 0 bridgehead atoms. The van der Waals surface area contributed by atoms with Gasteiger partial charge in [0.15, 0.2) is 5.96 Å². The number of rotatable bonds is 7. The van der Waals surface area contributed by atoms with Crippen LogP contribution < -0.4 is 15.4 Å². The number of aromatic nitrogens is 1. The van der Waals surface area contributed by atoms with Crippen LogP contribution in [0.4, 0.5) is 8.78 Å². The molecule has 0 fully saturated rings. The van der Waals surface area contributed by atoms with Gasteiger partial charge in [-0.1, -0.05) is 23.8 Å². The SMILES string of the molecule is CN=C(NCCc1ccccn1)NCc1cc(C)ccc1OC(F)F. The van der Waals surface area contributed by atoms with E-state index in [0.29, 0.717) is 24.6 Å². The number of guanidine groups is 1. The third-order valence-corrected chi connectivity index (χ3v) is 3.50. The molecule has 2 rings (SSSR count). The third kappa shape index (κ3) is 6.37. The highest BCUT2D eigenvalue weighted by Gasteiger charge is 2.10. The number of benzene rings is 1. The van der Waals surface area contributed by atoms with Gasteiger partial charge in [-0.15, -0.1) is 0 Å². The zero-order chi connectivity index (χ0) is 18.1. The van der Waals surface area contributed by atoms with Gasteiger partial charge in [0.05, 0.1) is 0 Å². The summed E-state index contributed by atoms with van der Waals surface area (Å²) in [5.41, 5.74) is 2.60. The second-order valence-electron chi connectivity index (χ2n) is 5.41. The van der Waals surface area contributed by atoms with Gasteiger partial charge in [-0.2, -0.15) is 8.78 Å². The van der Waals surface area contributed by atoms with Crippen LogP contribution in [0.15, 0.2) is 47.6 Å². The van der Waals surface area contributed by atoms with Gasteiger partial charge in [0, 0.05) is 44.0 Å². The minimum Gasteiger partial charge on any atom is -0.434 e. The Morgan fingerprint density at radius 1 is 1.24 bits per heavy atom. The molecular weight excluding hydrogens is 326 g/mol. The van der Waals surface area contributed by atoms with Crippen molar-refractivity contribution in [2.24, 2.45) is 4.99 Å². The summed E-state index contributed by atoms with van der Waals surface area (Å²) in [6, 6.07) is 10.9. The Balaban J connectivity index is 1.89. The lowest BCUT2D eigenvalue weighted by molar-refractivity contribution is -0.0504. The van der Waals surface area contributed by atoms with Crippen LogP contribution >= 0.6 is 0 Å². The molecule has 1 aromatic carbocycles. The number of ether oxygens (including phenoxy) is 1. The smallest absolute Gasteiger partial charge is 0.387 e. The third-order valence-electron chi connectivity index (χ3n) is 3.50. The number of halogens is 2. The quantitative estimate of drug-likeness (QED) is 0.597. The highest BCUT2D eigenvalue weighted by atomic mass is 19.3. The fraction of sp³-hybridized carbons (Fsp3) is 0.333. The fourth-order valence-corrected chi connectivity index (χ4v) is 2.31. The van der Waals surface area contributed by atoms with Crippen molar-refractivity contribution in [1.29, 1.82) is 0 Å². The Kier molecular flexibility index (Phi) is 7.13. The lowest BCUT2D eigenvalue weighted by Gasteiger charge is -2.15. The summed E-state index contributed by atoms with van der Waals surface area (Å²) in [5.74, 6) is 0.748. The van der Waals surface area contributed by atoms with E-state index >= 15 is 0 Å². The lowest BCUT2D eigenvalue weighted by Crippen LogP contribution is -2.38. The van der Waals surface area contributed by atoms with Crippen molar-refractivity contribution in [1.82, 2.24) is 15.6 Å². The van der Waals surface area contributed by atoms with Gasteiger partial charge < -0.3 is 15.4 Å². The molecule has 0 aliphatic rings. The van der Waals surface area contributed by atoms with Crippen molar-refractivity contribution in [3.05, 3.63) is 59.4 Å². The molecule has 0 aliphatic heterocycles. The predicted molar refractivity (Wildman–Crippen MR) is 94.0 cm³/mol. The van der Waals surface area contributed by atoms with E-state index < -0.39 is 6.61 Å². The second-order valence-corrected chi connectivity index (χ2v) is 5.41. The van der Waals surface area contributed by atoms with E-state index in [1.165, 1.54) is 0 Å². The van der Waals surface area contributed by atoms with E-state index in [9.17, 15) is 8.78 Å². The molecule has 0 unspecified atom stereocenters. The van der Waals surface area contributed by atoms with Crippen LogP contribution in [-0.2, 0) is 13.0 Å². The summed E-state index contributed by atoms with van der Waals surface area (Å²) in [5, 5.41) is 6.28. The molecule has 2 N–H and O–H groups in total. The monoisotopic (exact) mass is 348 g/mol. The molecule has 0 radical (unpaired) electrons.